The quantitative estimate of drug-likeness (QED) is 0.488. The molecule has 0 aromatic rings. The topological polar surface area (TPSA) is 9.23 Å². The van der Waals surface area contributed by atoms with Gasteiger partial charge in [-0.1, -0.05) is 0 Å². The van der Waals surface area contributed by atoms with Crippen molar-refractivity contribution in [3.8, 4) is 0 Å². The first-order chi connectivity index (χ1) is 2.81. The Morgan fingerprint density at radius 2 is 2.50 bits per heavy atom. The van der Waals surface area contributed by atoms with Gasteiger partial charge in [-0.3, -0.25) is 0 Å². The van der Waals surface area contributed by atoms with E-state index in [4.69, 9.17) is 0 Å². The van der Waals surface area contributed by atoms with Gasteiger partial charge < -0.3 is 4.74 Å². The van der Waals surface area contributed by atoms with Gasteiger partial charge in [-0.15, -0.1) is 0 Å². The van der Waals surface area contributed by atoms with Crippen molar-refractivity contribution in [1.29, 1.82) is 0 Å². The van der Waals surface area contributed by atoms with Crippen molar-refractivity contribution < 1.29 is 9.13 Å². The summed E-state index contributed by atoms with van der Waals surface area (Å²) in [5.41, 5.74) is 0. The fourth-order valence-corrected chi connectivity index (χ4v) is 0.0630. The Kier molecular flexibility index (Phi) is 3.04. The molecule has 1 atom stereocenters. The second kappa shape index (κ2) is 3.09. The Labute approximate surface area is 37.1 Å². The summed E-state index contributed by atoms with van der Waals surface area (Å²) in [6, 6.07) is 0. The highest BCUT2D eigenvalue weighted by Gasteiger charge is 1.92. The average Bonchev–Trinajstić information content (AvgIpc) is 1.65. The molecule has 6 heavy (non-hydrogen) atoms. The highest BCUT2D eigenvalue weighted by Crippen LogP contribution is 1.83. The molecule has 37 valence electrons. The predicted molar refractivity (Wildman–Crippen MR) is 22.1 cm³/mol. The second-order valence-electron chi connectivity index (χ2n) is 1.01. The normalized spacial score (nSPS) is 14.5. The molecule has 0 aliphatic carbocycles. The standard InChI is InChI=1S/C4H8FO/c1-4(3-5)6-2/h4H,1,3H2,2H3. The highest BCUT2D eigenvalue weighted by molar-refractivity contribution is 4.53. The van der Waals surface area contributed by atoms with E-state index in [1.165, 1.54) is 7.11 Å². The Morgan fingerprint density at radius 3 is 2.50 bits per heavy atom. The Balaban J connectivity index is 2.75. The number of alkyl halides is 1. The zero-order valence-electron chi connectivity index (χ0n) is 3.78. The maximum atomic E-state index is 11.2. The summed E-state index contributed by atoms with van der Waals surface area (Å²) in [6.07, 6.45) is -0.481. The highest BCUT2D eigenvalue weighted by atomic mass is 19.1. The molecule has 0 amide bonds. The number of methoxy groups -OCH3 is 1. The van der Waals surface area contributed by atoms with Crippen LogP contribution in [0.4, 0.5) is 4.39 Å². The molecule has 0 rings (SSSR count). The summed E-state index contributed by atoms with van der Waals surface area (Å²) in [4.78, 5) is 0. The molecule has 0 heterocycles. The van der Waals surface area contributed by atoms with Crippen LogP contribution >= 0.6 is 0 Å². The van der Waals surface area contributed by atoms with Crippen LogP contribution in [0.3, 0.4) is 0 Å². The van der Waals surface area contributed by atoms with Crippen LogP contribution in [0.15, 0.2) is 0 Å². The van der Waals surface area contributed by atoms with Gasteiger partial charge in [0.1, 0.15) is 6.67 Å². The molecule has 0 fully saturated rings. The van der Waals surface area contributed by atoms with Gasteiger partial charge in [-0.25, -0.2) is 4.39 Å². The van der Waals surface area contributed by atoms with Crippen LogP contribution in [0.25, 0.3) is 0 Å². The van der Waals surface area contributed by atoms with Crippen molar-refractivity contribution in [1.82, 2.24) is 0 Å². The predicted octanol–water partition coefficient (Wildman–Crippen LogP) is 0.805. The summed E-state index contributed by atoms with van der Waals surface area (Å²) in [6.45, 7) is 2.77. The van der Waals surface area contributed by atoms with Gasteiger partial charge in [0, 0.05) is 7.11 Å². The van der Waals surface area contributed by atoms with E-state index in [-0.39, 0.29) is 0 Å². The van der Waals surface area contributed by atoms with Gasteiger partial charge in [-0.05, 0) is 6.92 Å². The molecule has 0 aliphatic rings. The second-order valence-corrected chi connectivity index (χ2v) is 1.01. The molecule has 0 saturated heterocycles. The lowest BCUT2D eigenvalue weighted by molar-refractivity contribution is 0.114. The Morgan fingerprint density at radius 1 is 2.00 bits per heavy atom. The maximum Gasteiger partial charge on any atom is 0.116 e. The van der Waals surface area contributed by atoms with Crippen LogP contribution in [0.1, 0.15) is 0 Å². The summed E-state index contributed by atoms with van der Waals surface area (Å²) >= 11 is 0. The largest absolute Gasteiger partial charge is 0.379 e. The first-order valence-electron chi connectivity index (χ1n) is 1.73. The molecule has 2 heteroatoms. The molecule has 0 aromatic carbocycles. The molecule has 0 aliphatic heterocycles. The van der Waals surface area contributed by atoms with E-state index in [9.17, 15) is 4.39 Å². The number of hydrogen-bond donors (Lipinski definition) is 0. The van der Waals surface area contributed by atoms with Gasteiger partial charge in [0.05, 0.1) is 6.10 Å². The fourth-order valence-electron chi connectivity index (χ4n) is 0.0630. The van der Waals surface area contributed by atoms with Crippen molar-refractivity contribution in [2.24, 2.45) is 0 Å². The monoisotopic (exact) mass is 91.1 g/mol. The van der Waals surface area contributed by atoms with Crippen LogP contribution < -0.4 is 0 Å². The fraction of sp³-hybridized carbons (Fsp3) is 0.750. The van der Waals surface area contributed by atoms with Crippen molar-refractivity contribution in [2.75, 3.05) is 13.8 Å². The Bertz CT molecular complexity index is 26.7. The number of hydrogen-bond acceptors (Lipinski definition) is 1. The number of rotatable bonds is 2. The third kappa shape index (κ3) is 2.15. The van der Waals surface area contributed by atoms with Crippen LogP contribution in [0.5, 0.6) is 0 Å². The SMILES string of the molecule is [CH2]C(CF)OC. The van der Waals surface area contributed by atoms with E-state index in [1.54, 1.807) is 0 Å². The van der Waals surface area contributed by atoms with Crippen molar-refractivity contribution in [3.63, 3.8) is 0 Å². The summed E-state index contributed by atoms with van der Waals surface area (Å²) in [5.74, 6) is 0. The first-order valence-corrected chi connectivity index (χ1v) is 1.73. The molecule has 0 aromatic heterocycles. The van der Waals surface area contributed by atoms with E-state index < -0.39 is 12.8 Å². The molecule has 1 nitrogen and oxygen atoms in total. The summed E-state index contributed by atoms with van der Waals surface area (Å²) in [7, 11) is 1.43. The van der Waals surface area contributed by atoms with E-state index in [2.05, 4.69) is 11.7 Å². The summed E-state index contributed by atoms with van der Waals surface area (Å²) < 4.78 is 15.6. The van der Waals surface area contributed by atoms with Gasteiger partial charge in [-0.2, -0.15) is 0 Å². The van der Waals surface area contributed by atoms with Crippen molar-refractivity contribution in [2.45, 2.75) is 6.10 Å². The van der Waals surface area contributed by atoms with Gasteiger partial charge in [0.25, 0.3) is 0 Å². The minimum Gasteiger partial charge on any atom is -0.379 e. The lowest BCUT2D eigenvalue weighted by Gasteiger charge is -1.98. The third-order valence-electron chi connectivity index (χ3n) is 0.505. The van der Waals surface area contributed by atoms with Crippen LogP contribution in [0.2, 0.25) is 0 Å². The van der Waals surface area contributed by atoms with Gasteiger partial charge >= 0.3 is 0 Å². The van der Waals surface area contributed by atoms with Crippen LogP contribution in [0, 0.1) is 6.92 Å². The van der Waals surface area contributed by atoms with Crippen LogP contribution in [-0.2, 0) is 4.74 Å². The maximum absolute atomic E-state index is 11.2. The molecule has 0 bridgehead atoms. The molecule has 1 radical (unpaired) electrons. The first kappa shape index (κ1) is 5.89. The van der Waals surface area contributed by atoms with Gasteiger partial charge in [0.15, 0.2) is 0 Å². The minimum atomic E-state index is -0.503. The molecular formula is C4H8FO. The van der Waals surface area contributed by atoms with E-state index in [0.717, 1.165) is 0 Å². The van der Waals surface area contributed by atoms with Gasteiger partial charge in [0.2, 0.25) is 0 Å². The lowest BCUT2D eigenvalue weighted by atomic mass is 10.5. The zero-order valence-corrected chi connectivity index (χ0v) is 3.78. The summed E-state index contributed by atoms with van der Waals surface area (Å²) in [5, 5.41) is 0. The third-order valence-corrected chi connectivity index (χ3v) is 0.505. The van der Waals surface area contributed by atoms with E-state index >= 15 is 0 Å². The Hall–Kier alpha value is -0.110. The van der Waals surface area contributed by atoms with Crippen LogP contribution in [-0.4, -0.2) is 19.9 Å². The molecule has 1 unspecified atom stereocenters. The minimum absolute atomic E-state index is 0.481. The van der Waals surface area contributed by atoms with E-state index in [1.807, 2.05) is 0 Å². The number of ether oxygens (including phenoxy) is 1. The molecule has 0 N–H and O–H groups in total. The smallest absolute Gasteiger partial charge is 0.116 e. The van der Waals surface area contributed by atoms with Crippen molar-refractivity contribution in [3.05, 3.63) is 6.92 Å². The molecular weight excluding hydrogens is 83.0 g/mol. The van der Waals surface area contributed by atoms with E-state index in [0.29, 0.717) is 0 Å². The lowest BCUT2D eigenvalue weighted by Crippen LogP contribution is -2.05. The van der Waals surface area contributed by atoms with Crippen molar-refractivity contribution >= 4 is 0 Å². The molecule has 0 saturated carbocycles. The zero-order chi connectivity index (χ0) is 4.99. The molecule has 0 spiro atoms. The average molecular weight is 91.1 g/mol. The number of halogens is 1.